The minimum absolute atomic E-state index is 0.0108. The minimum Gasteiger partial charge on any atom is -0.447 e. The monoisotopic (exact) mass is 377 g/mol. The maximum Gasteiger partial charge on any atom is 0.311 e. The number of hydrogen-bond donors (Lipinski definition) is 1. The third-order valence-corrected chi connectivity index (χ3v) is 4.58. The molecular weight excluding hydrogens is 361 g/mol. The number of ether oxygens (including phenoxy) is 1. The van der Waals surface area contributed by atoms with E-state index in [1.807, 2.05) is 6.07 Å². The summed E-state index contributed by atoms with van der Waals surface area (Å²) in [5.41, 5.74) is 1.32. The number of halogens is 2. The lowest BCUT2D eigenvalue weighted by molar-refractivity contribution is -0.156. The molecular formula is C19H17Cl2NO3. The summed E-state index contributed by atoms with van der Waals surface area (Å²) in [5, 5.41) is 3.68. The fourth-order valence-electron chi connectivity index (χ4n) is 2.39. The van der Waals surface area contributed by atoms with Gasteiger partial charge in [0, 0.05) is 11.6 Å². The molecule has 6 heteroatoms. The quantitative estimate of drug-likeness (QED) is 0.770. The second kappa shape index (κ2) is 7.89. The van der Waals surface area contributed by atoms with E-state index in [4.69, 9.17) is 27.9 Å². The van der Waals surface area contributed by atoms with Gasteiger partial charge in [0.05, 0.1) is 16.5 Å². The fraction of sp³-hybridized carbons (Fsp3) is 0.263. The zero-order valence-electron chi connectivity index (χ0n) is 13.4. The number of carbonyl (C=O) groups is 2. The van der Waals surface area contributed by atoms with Crippen molar-refractivity contribution in [2.24, 2.45) is 0 Å². The van der Waals surface area contributed by atoms with Crippen LogP contribution < -0.4 is 5.32 Å². The van der Waals surface area contributed by atoms with Gasteiger partial charge < -0.3 is 10.1 Å². The third kappa shape index (κ3) is 4.97. The van der Waals surface area contributed by atoms with Crippen molar-refractivity contribution in [2.45, 2.75) is 31.4 Å². The first-order chi connectivity index (χ1) is 12.0. The van der Waals surface area contributed by atoms with E-state index in [0.29, 0.717) is 21.2 Å². The van der Waals surface area contributed by atoms with Crippen molar-refractivity contribution in [3.05, 3.63) is 69.7 Å². The molecule has 1 amide bonds. The van der Waals surface area contributed by atoms with Gasteiger partial charge >= 0.3 is 5.97 Å². The Labute approximate surface area is 156 Å². The highest BCUT2D eigenvalue weighted by atomic mass is 35.5. The van der Waals surface area contributed by atoms with Gasteiger partial charge in [0.1, 0.15) is 0 Å². The van der Waals surface area contributed by atoms with E-state index in [-0.39, 0.29) is 18.4 Å². The molecule has 1 aliphatic rings. The summed E-state index contributed by atoms with van der Waals surface area (Å²) in [6.45, 7) is 0. The third-order valence-electron chi connectivity index (χ3n) is 3.85. The van der Waals surface area contributed by atoms with E-state index >= 15 is 0 Å². The largest absolute Gasteiger partial charge is 0.447 e. The maximum atomic E-state index is 12.5. The molecule has 4 nitrogen and oxygen atoms in total. The van der Waals surface area contributed by atoms with Crippen LogP contribution in [-0.2, 0) is 20.7 Å². The molecule has 1 saturated carbocycles. The van der Waals surface area contributed by atoms with Crippen LogP contribution in [0.5, 0.6) is 0 Å². The van der Waals surface area contributed by atoms with Gasteiger partial charge in [-0.15, -0.1) is 0 Å². The van der Waals surface area contributed by atoms with Crippen molar-refractivity contribution >= 4 is 35.1 Å². The summed E-state index contributed by atoms with van der Waals surface area (Å²) >= 11 is 11.8. The zero-order chi connectivity index (χ0) is 17.8. The van der Waals surface area contributed by atoms with Gasteiger partial charge in [-0.1, -0.05) is 59.6 Å². The van der Waals surface area contributed by atoms with Crippen LogP contribution in [0.4, 0.5) is 0 Å². The Balaban J connectivity index is 1.71. The summed E-state index contributed by atoms with van der Waals surface area (Å²) < 4.78 is 5.47. The average molecular weight is 378 g/mol. The van der Waals surface area contributed by atoms with Gasteiger partial charge in [0.2, 0.25) is 6.10 Å². The summed E-state index contributed by atoms with van der Waals surface area (Å²) in [6.07, 6.45) is 0.975. The van der Waals surface area contributed by atoms with Crippen LogP contribution in [0.3, 0.4) is 0 Å². The molecule has 0 radical (unpaired) electrons. The summed E-state index contributed by atoms with van der Waals surface area (Å²) in [5.74, 6) is -0.797. The Kier molecular flexibility index (Phi) is 5.61. The Hall–Kier alpha value is -2.04. The second-order valence-electron chi connectivity index (χ2n) is 5.99. The molecule has 0 bridgehead atoms. The Bertz CT molecular complexity index is 775. The van der Waals surface area contributed by atoms with E-state index in [9.17, 15) is 9.59 Å². The SMILES string of the molecule is O=C(Cc1ccc(Cl)c(Cl)c1)OC(C(=O)NC1CC1)c1ccccc1. The topological polar surface area (TPSA) is 55.4 Å². The molecule has 0 saturated heterocycles. The molecule has 0 spiro atoms. The minimum atomic E-state index is -0.961. The van der Waals surface area contributed by atoms with Gasteiger partial charge in [-0.25, -0.2) is 0 Å². The molecule has 1 aliphatic carbocycles. The first-order valence-corrected chi connectivity index (χ1v) is 8.77. The molecule has 2 aromatic carbocycles. The number of amides is 1. The van der Waals surface area contributed by atoms with Gasteiger partial charge in [-0.3, -0.25) is 9.59 Å². The van der Waals surface area contributed by atoms with E-state index < -0.39 is 12.1 Å². The zero-order valence-corrected chi connectivity index (χ0v) is 14.9. The summed E-state index contributed by atoms with van der Waals surface area (Å²) in [6, 6.07) is 14.1. The van der Waals surface area contributed by atoms with Crippen LogP contribution in [0.25, 0.3) is 0 Å². The van der Waals surface area contributed by atoms with E-state index in [2.05, 4.69) is 5.32 Å². The van der Waals surface area contributed by atoms with Gasteiger partial charge in [-0.2, -0.15) is 0 Å². The Morgan fingerprint density at radius 1 is 1.08 bits per heavy atom. The number of esters is 1. The van der Waals surface area contributed by atoms with Gasteiger partial charge in [-0.05, 0) is 30.5 Å². The van der Waals surface area contributed by atoms with Crippen molar-refractivity contribution in [1.82, 2.24) is 5.32 Å². The van der Waals surface area contributed by atoms with Crippen molar-refractivity contribution in [1.29, 1.82) is 0 Å². The van der Waals surface area contributed by atoms with Crippen LogP contribution in [0.2, 0.25) is 10.0 Å². The van der Waals surface area contributed by atoms with E-state index in [0.717, 1.165) is 12.8 Å². The molecule has 1 unspecified atom stereocenters. The first kappa shape index (κ1) is 17.8. The predicted octanol–water partition coefficient (Wildman–Crippen LogP) is 4.10. The lowest BCUT2D eigenvalue weighted by Gasteiger charge is -2.18. The Morgan fingerprint density at radius 2 is 1.80 bits per heavy atom. The number of carbonyl (C=O) groups excluding carboxylic acids is 2. The van der Waals surface area contributed by atoms with Crippen molar-refractivity contribution in [3.63, 3.8) is 0 Å². The summed E-state index contributed by atoms with van der Waals surface area (Å²) in [4.78, 5) is 24.8. The van der Waals surface area contributed by atoms with Crippen molar-refractivity contribution in [3.8, 4) is 0 Å². The normalized spacial score (nSPS) is 14.6. The molecule has 2 aromatic rings. The number of nitrogens with one attached hydrogen (secondary N) is 1. The first-order valence-electron chi connectivity index (χ1n) is 8.01. The number of benzene rings is 2. The molecule has 130 valence electrons. The van der Waals surface area contributed by atoms with Gasteiger partial charge in [0.15, 0.2) is 0 Å². The van der Waals surface area contributed by atoms with Gasteiger partial charge in [0.25, 0.3) is 5.91 Å². The van der Waals surface area contributed by atoms with E-state index in [1.54, 1.807) is 42.5 Å². The van der Waals surface area contributed by atoms with Crippen LogP contribution >= 0.6 is 23.2 Å². The maximum absolute atomic E-state index is 12.5. The van der Waals surface area contributed by atoms with Crippen LogP contribution in [-0.4, -0.2) is 17.9 Å². The molecule has 0 heterocycles. The number of rotatable bonds is 6. The smallest absolute Gasteiger partial charge is 0.311 e. The highest BCUT2D eigenvalue weighted by Gasteiger charge is 2.30. The average Bonchev–Trinajstić information content (AvgIpc) is 3.41. The molecule has 1 atom stereocenters. The second-order valence-corrected chi connectivity index (χ2v) is 6.80. The molecule has 0 aliphatic heterocycles. The van der Waals surface area contributed by atoms with E-state index in [1.165, 1.54) is 0 Å². The van der Waals surface area contributed by atoms with Crippen molar-refractivity contribution < 1.29 is 14.3 Å². The van der Waals surface area contributed by atoms with Crippen molar-refractivity contribution in [2.75, 3.05) is 0 Å². The van der Waals surface area contributed by atoms with Crippen LogP contribution in [0.15, 0.2) is 48.5 Å². The van der Waals surface area contributed by atoms with Crippen LogP contribution in [0.1, 0.15) is 30.1 Å². The molecule has 25 heavy (non-hydrogen) atoms. The highest BCUT2D eigenvalue weighted by molar-refractivity contribution is 6.42. The molecule has 1 N–H and O–H groups in total. The molecule has 1 fully saturated rings. The standard InChI is InChI=1S/C19H17Cl2NO3/c20-15-9-6-12(10-16(15)21)11-17(23)25-18(13-4-2-1-3-5-13)19(24)22-14-7-8-14/h1-6,9-10,14,18H,7-8,11H2,(H,22,24). The predicted molar refractivity (Wildman–Crippen MR) is 96.6 cm³/mol. The Morgan fingerprint density at radius 3 is 2.44 bits per heavy atom. The fourth-order valence-corrected chi connectivity index (χ4v) is 2.72. The highest BCUT2D eigenvalue weighted by Crippen LogP contribution is 2.25. The lowest BCUT2D eigenvalue weighted by atomic mass is 10.1. The van der Waals surface area contributed by atoms with Crippen LogP contribution in [0, 0.1) is 0 Å². The lowest BCUT2D eigenvalue weighted by Crippen LogP contribution is -2.33. The summed E-state index contributed by atoms with van der Waals surface area (Å²) in [7, 11) is 0. The number of hydrogen-bond acceptors (Lipinski definition) is 3. The molecule has 3 rings (SSSR count). The molecule has 0 aromatic heterocycles.